The van der Waals surface area contributed by atoms with E-state index in [1.165, 1.54) is 0 Å². The first-order valence-electron chi connectivity index (χ1n) is 8.40. The smallest absolute Gasteiger partial charge is 0.191 e. The second-order valence-corrected chi connectivity index (χ2v) is 6.27. The van der Waals surface area contributed by atoms with E-state index in [0.29, 0.717) is 30.1 Å². The van der Waals surface area contributed by atoms with E-state index >= 15 is 0 Å². The minimum atomic E-state index is 0. The van der Waals surface area contributed by atoms with Gasteiger partial charge in [0.25, 0.3) is 0 Å². The minimum Gasteiger partial charge on any atom is -0.486 e. The van der Waals surface area contributed by atoms with E-state index in [1.807, 2.05) is 12.1 Å². The lowest BCUT2D eigenvalue weighted by molar-refractivity contribution is 0.114. The molecule has 0 spiro atoms. The Bertz CT molecular complexity index is 595. The number of halogens is 2. The highest BCUT2D eigenvalue weighted by Crippen LogP contribution is 2.38. The van der Waals surface area contributed by atoms with E-state index in [-0.39, 0.29) is 24.0 Å². The number of hydrogen-bond acceptors (Lipinski definition) is 4. The van der Waals surface area contributed by atoms with Crippen LogP contribution in [0.15, 0.2) is 17.1 Å². The maximum atomic E-state index is 6.26. The van der Waals surface area contributed by atoms with E-state index in [1.54, 1.807) is 7.05 Å². The van der Waals surface area contributed by atoms with E-state index < -0.39 is 0 Å². The molecule has 0 saturated carbocycles. The summed E-state index contributed by atoms with van der Waals surface area (Å²) in [6, 6.07) is 3.92. The molecule has 1 saturated heterocycles. The van der Waals surface area contributed by atoms with Crippen LogP contribution in [0.2, 0.25) is 5.02 Å². The summed E-state index contributed by atoms with van der Waals surface area (Å²) in [6.45, 7) is 3.51. The Morgan fingerprint density at radius 1 is 1.24 bits per heavy atom. The minimum absolute atomic E-state index is 0. The quantitative estimate of drug-likeness (QED) is 0.385. The summed E-state index contributed by atoms with van der Waals surface area (Å²) in [5.41, 5.74) is 1.10. The van der Waals surface area contributed by atoms with Crippen LogP contribution in [-0.4, -0.2) is 52.0 Å². The third-order valence-corrected chi connectivity index (χ3v) is 4.39. The van der Waals surface area contributed by atoms with Crippen LogP contribution in [0.1, 0.15) is 18.4 Å². The molecule has 6 nitrogen and oxygen atoms in total. The van der Waals surface area contributed by atoms with Crippen molar-refractivity contribution in [2.24, 2.45) is 4.99 Å². The molecule has 1 atom stereocenters. The monoisotopic (exact) mass is 481 g/mol. The van der Waals surface area contributed by atoms with Crippen molar-refractivity contribution < 1.29 is 14.2 Å². The molecule has 0 amide bonds. The van der Waals surface area contributed by atoms with Crippen LogP contribution < -0.4 is 20.1 Å². The molecule has 2 heterocycles. The fourth-order valence-electron chi connectivity index (χ4n) is 2.87. The molecule has 1 unspecified atom stereocenters. The van der Waals surface area contributed by atoms with Crippen molar-refractivity contribution in [1.82, 2.24) is 10.6 Å². The Labute approximate surface area is 170 Å². The normalized spacial score (nSPS) is 19.3. The highest BCUT2D eigenvalue weighted by molar-refractivity contribution is 14.0. The highest BCUT2D eigenvalue weighted by atomic mass is 127. The first-order valence-corrected chi connectivity index (χ1v) is 8.78. The zero-order chi connectivity index (χ0) is 16.8. The summed E-state index contributed by atoms with van der Waals surface area (Å²) in [4.78, 5) is 4.24. The molecule has 3 rings (SSSR count). The standard InChI is InChI=1S/C17H24ClN3O3.HI/c1-19-17(21-11-13-3-2-6-22-13)20-5-4-12-9-14(18)16-15(10-12)23-7-8-24-16;/h9-10,13H,2-8,11H2,1H3,(H2,19,20,21);1H. The Balaban J connectivity index is 0.00000225. The summed E-state index contributed by atoms with van der Waals surface area (Å²) in [5, 5.41) is 7.21. The zero-order valence-corrected chi connectivity index (χ0v) is 17.4. The Kier molecular flexibility index (Phi) is 8.38. The number of nitrogens with one attached hydrogen (secondary N) is 2. The molecule has 1 aromatic rings. The molecule has 2 aliphatic heterocycles. The van der Waals surface area contributed by atoms with Gasteiger partial charge >= 0.3 is 0 Å². The lowest BCUT2D eigenvalue weighted by Crippen LogP contribution is -2.41. The highest BCUT2D eigenvalue weighted by Gasteiger charge is 2.17. The molecular weight excluding hydrogens is 457 g/mol. The molecule has 0 aromatic heterocycles. The third kappa shape index (κ3) is 5.79. The molecule has 25 heavy (non-hydrogen) atoms. The van der Waals surface area contributed by atoms with Gasteiger partial charge in [0.05, 0.1) is 11.1 Å². The first-order chi connectivity index (χ1) is 11.8. The number of guanidine groups is 1. The largest absolute Gasteiger partial charge is 0.486 e. The molecule has 140 valence electrons. The molecule has 1 fully saturated rings. The molecular formula is C17H25ClIN3O3. The number of ether oxygens (including phenoxy) is 3. The maximum absolute atomic E-state index is 6.26. The van der Waals surface area contributed by atoms with E-state index in [2.05, 4.69) is 15.6 Å². The van der Waals surface area contributed by atoms with Crippen LogP contribution in [0.4, 0.5) is 0 Å². The number of benzene rings is 1. The van der Waals surface area contributed by atoms with Gasteiger partial charge in [0.1, 0.15) is 13.2 Å². The summed E-state index contributed by atoms with van der Waals surface area (Å²) in [6.07, 6.45) is 3.36. The van der Waals surface area contributed by atoms with Crippen molar-refractivity contribution >= 4 is 41.5 Å². The van der Waals surface area contributed by atoms with Gasteiger partial charge in [0, 0.05) is 26.7 Å². The van der Waals surface area contributed by atoms with E-state index in [4.69, 9.17) is 25.8 Å². The Hall–Kier alpha value is -0.930. The van der Waals surface area contributed by atoms with Crippen molar-refractivity contribution in [2.75, 3.05) is 40.0 Å². The average Bonchev–Trinajstić information content (AvgIpc) is 3.11. The molecule has 2 aliphatic rings. The average molecular weight is 482 g/mol. The molecule has 0 bridgehead atoms. The molecule has 0 aliphatic carbocycles. The Morgan fingerprint density at radius 2 is 2.08 bits per heavy atom. The Morgan fingerprint density at radius 3 is 2.84 bits per heavy atom. The van der Waals surface area contributed by atoms with Crippen LogP contribution >= 0.6 is 35.6 Å². The molecule has 2 N–H and O–H groups in total. The number of rotatable bonds is 5. The van der Waals surface area contributed by atoms with Gasteiger partial charge in [-0.05, 0) is 37.0 Å². The third-order valence-electron chi connectivity index (χ3n) is 4.11. The van der Waals surface area contributed by atoms with Gasteiger partial charge in [-0.15, -0.1) is 24.0 Å². The van der Waals surface area contributed by atoms with Crippen molar-refractivity contribution in [3.05, 3.63) is 22.7 Å². The van der Waals surface area contributed by atoms with Gasteiger partial charge in [0.2, 0.25) is 0 Å². The summed E-state index contributed by atoms with van der Waals surface area (Å²) in [5.74, 6) is 2.16. The number of aliphatic imine (C=N–C) groups is 1. The summed E-state index contributed by atoms with van der Waals surface area (Å²) in [7, 11) is 1.77. The van der Waals surface area contributed by atoms with Gasteiger partial charge < -0.3 is 24.8 Å². The molecule has 0 radical (unpaired) electrons. The van der Waals surface area contributed by atoms with E-state index in [0.717, 1.165) is 56.2 Å². The molecule has 8 heteroatoms. The first kappa shape index (κ1) is 20.4. The van der Waals surface area contributed by atoms with Crippen molar-refractivity contribution in [2.45, 2.75) is 25.4 Å². The number of fused-ring (bicyclic) bond motifs is 1. The van der Waals surface area contributed by atoms with Crippen LogP contribution in [0.3, 0.4) is 0 Å². The van der Waals surface area contributed by atoms with E-state index in [9.17, 15) is 0 Å². The van der Waals surface area contributed by atoms with Crippen molar-refractivity contribution in [3.63, 3.8) is 0 Å². The predicted molar refractivity (Wildman–Crippen MR) is 110 cm³/mol. The second kappa shape index (κ2) is 10.3. The SMILES string of the molecule is CN=C(NCCc1cc(Cl)c2c(c1)OCCO2)NCC1CCCO1.I. The number of hydrogen-bond donors (Lipinski definition) is 2. The van der Waals surface area contributed by atoms with Crippen molar-refractivity contribution in [3.8, 4) is 11.5 Å². The zero-order valence-electron chi connectivity index (χ0n) is 14.3. The second-order valence-electron chi connectivity index (χ2n) is 5.87. The summed E-state index contributed by atoms with van der Waals surface area (Å²) < 4.78 is 16.7. The molecule has 1 aromatic carbocycles. The van der Waals surface area contributed by atoms with Gasteiger partial charge in [-0.1, -0.05) is 11.6 Å². The van der Waals surface area contributed by atoms with Gasteiger partial charge in [-0.25, -0.2) is 0 Å². The van der Waals surface area contributed by atoms with Gasteiger partial charge in [-0.2, -0.15) is 0 Å². The topological polar surface area (TPSA) is 64.1 Å². The van der Waals surface area contributed by atoms with Gasteiger partial charge in [-0.3, -0.25) is 4.99 Å². The van der Waals surface area contributed by atoms with Crippen LogP contribution in [0, 0.1) is 0 Å². The predicted octanol–water partition coefficient (Wildman–Crippen LogP) is 2.62. The number of nitrogens with zero attached hydrogens (tertiary/aromatic N) is 1. The lowest BCUT2D eigenvalue weighted by Gasteiger charge is -2.20. The van der Waals surface area contributed by atoms with Crippen LogP contribution in [0.5, 0.6) is 11.5 Å². The van der Waals surface area contributed by atoms with Gasteiger partial charge in [0.15, 0.2) is 17.5 Å². The fraction of sp³-hybridized carbons (Fsp3) is 0.588. The fourth-order valence-corrected chi connectivity index (χ4v) is 3.16. The maximum Gasteiger partial charge on any atom is 0.191 e. The van der Waals surface area contributed by atoms with Crippen LogP contribution in [0.25, 0.3) is 0 Å². The summed E-state index contributed by atoms with van der Waals surface area (Å²) >= 11 is 6.26. The van der Waals surface area contributed by atoms with Crippen LogP contribution in [-0.2, 0) is 11.2 Å². The lowest BCUT2D eigenvalue weighted by atomic mass is 10.1. The van der Waals surface area contributed by atoms with Crippen molar-refractivity contribution in [1.29, 1.82) is 0 Å².